The van der Waals surface area contributed by atoms with E-state index in [0.717, 1.165) is 30.3 Å². The largest absolute Gasteiger partial charge is 0.380 e. The van der Waals surface area contributed by atoms with Crippen molar-refractivity contribution in [2.75, 3.05) is 13.7 Å². The van der Waals surface area contributed by atoms with Gasteiger partial charge in [-0.3, -0.25) is 0 Å². The van der Waals surface area contributed by atoms with E-state index in [4.69, 9.17) is 4.74 Å². The molecule has 2 heteroatoms. The summed E-state index contributed by atoms with van der Waals surface area (Å²) in [5.41, 5.74) is 1.54. The van der Waals surface area contributed by atoms with Gasteiger partial charge in [0.1, 0.15) is 7.28 Å². The van der Waals surface area contributed by atoms with Gasteiger partial charge in [0.25, 0.3) is 0 Å². The first-order chi connectivity index (χ1) is 6.74. The second-order valence-electron chi connectivity index (χ2n) is 4.91. The zero-order valence-corrected chi connectivity index (χ0v) is 9.49. The molecule has 1 aliphatic heterocycles. The molecule has 0 spiro atoms. The number of hydrogen-bond acceptors (Lipinski definition) is 1. The lowest BCUT2D eigenvalue weighted by Gasteiger charge is -2.43. The van der Waals surface area contributed by atoms with Gasteiger partial charge in [0, 0.05) is 7.11 Å². The third-order valence-electron chi connectivity index (χ3n) is 4.19. The average Bonchev–Trinajstić information content (AvgIpc) is 2.16. The number of allylic oxidation sites excluding steroid dienone is 1. The van der Waals surface area contributed by atoms with Crippen molar-refractivity contribution in [2.45, 2.75) is 26.5 Å². The summed E-state index contributed by atoms with van der Waals surface area (Å²) in [5.74, 6) is 3.24. The van der Waals surface area contributed by atoms with Crippen molar-refractivity contribution in [3.05, 3.63) is 11.6 Å². The van der Waals surface area contributed by atoms with Gasteiger partial charge in [0.15, 0.2) is 0 Å². The van der Waals surface area contributed by atoms with Crippen LogP contribution in [0.25, 0.3) is 0 Å². The molecule has 2 aliphatic rings. The maximum atomic E-state index is 5.27. The number of fused-ring (bicyclic) bond motifs is 2. The molecule has 1 aliphatic carbocycles. The summed E-state index contributed by atoms with van der Waals surface area (Å²) < 4.78 is 5.27. The van der Waals surface area contributed by atoms with E-state index < -0.39 is 0 Å². The van der Waals surface area contributed by atoms with Gasteiger partial charge >= 0.3 is 0 Å². The number of hydrogen-bond donors (Lipinski definition) is 0. The van der Waals surface area contributed by atoms with Crippen LogP contribution in [0.3, 0.4) is 0 Å². The van der Waals surface area contributed by atoms with E-state index >= 15 is 0 Å². The molecule has 1 saturated heterocycles. The summed E-state index contributed by atoms with van der Waals surface area (Å²) >= 11 is 0. The van der Waals surface area contributed by atoms with Crippen LogP contribution in [0.15, 0.2) is 11.6 Å². The molecule has 0 N–H and O–H groups in total. The van der Waals surface area contributed by atoms with Crippen molar-refractivity contribution in [2.24, 2.45) is 23.7 Å². The first-order valence-corrected chi connectivity index (χ1v) is 5.75. The lowest BCUT2D eigenvalue weighted by atomic mass is 9.48. The average molecular weight is 191 g/mol. The molecular weight excluding hydrogens is 171 g/mol. The van der Waals surface area contributed by atoms with Crippen molar-refractivity contribution >= 4 is 7.28 Å². The number of rotatable bonds is 2. The highest BCUT2D eigenvalue weighted by atomic mass is 16.5. The first-order valence-electron chi connectivity index (χ1n) is 5.75. The fraction of sp³-hybridized carbons (Fsp3) is 0.833. The normalized spacial score (nSPS) is 41.5. The van der Waals surface area contributed by atoms with Gasteiger partial charge in [-0.1, -0.05) is 32.6 Å². The molecule has 77 valence electrons. The molecular formula is C12H20BO. The molecule has 2 rings (SSSR count). The Kier molecular flexibility index (Phi) is 3.01. The molecule has 0 aromatic heterocycles. The molecule has 4 atom stereocenters. The second kappa shape index (κ2) is 4.10. The Labute approximate surface area is 88.2 Å². The standard InChI is InChI=1S/C12H20BO/c1-8-10-4-11(7-14-3)9(2)12(8)6-13-5-10/h4,8-10,12H,5-7H2,1-3H3. The molecule has 1 nitrogen and oxygen atoms in total. The fourth-order valence-corrected chi connectivity index (χ4v) is 3.16. The zero-order chi connectivity index (χ0) is 10.1. The van der Waals surface area contributed by atoms with Crippen LogP contribution in [0.5, 0.6) is 0 Å². The van der Waals surface area contributed by atoms with Crippen LogP contribution < -0.4 is 0 Å². The Morgan fingerprint density at radius 2 is 2.21 bits per heavy atom. The summed E-state index contributed by atoms with van der Waals surface area (Å²) in [4.78, 5) is 0. The van der Waals surface area contributed by atoms with E-state index in [0.29, 0.717) is 0 Å². The van der Waals surface area contributed by atoms with Crippen molar-refractivity contribution in [3.63, 3.8) is 0 Å². The molecule has 0 amide bonds. The van der Waals surface area contributed by atoms with Crippen LogP contribution >= 0.6 is 0 Å². The van der Waals surface area contributed by atoms with Crippen LogP contribution in [-0.2, 0) is 4.74 Å². The molecule has 4 unspecified atom stereocenters. The molecule has 2 bridgehead atoms. The summed E-state index contributed by atoms with van der Waals surface area (Å²) in [6, 6.07) is 0. The van der Waals surface area contributed by atoms with E-state index in [2.05, 4.69) is 27.2 Å². The predicted octanol–water partition coefficient (Wildman–Crippen LogP) is 2.63. The predicted molar refractivity (Wildman–Crippen MR) is 60.6 cm³/mol. The van der Waals surface area contributed by atoms with Crippen LogP contribution in [-0.4, -0.2) is 21.0 Å². The highest BCUT2D eigenvalue weighted by Crippen LogP contribution is 2.44. The molecule has 1 fully saturated rings. The third-order valence-corrected chi connectivity index (χ3v) is 4.19. The van der Waals surface area contributed by atoms with Crippen molar-refractivity contribution < 1.29 is 4.74 Å². The Balaban J connectivity index is 2.19. The van der Waals surface area contributed by atoms with Gasteiger partial charge in [-0.05, 0) is 29.2 Å². The van der Waals surface area contributed by atoms with Gasteiger partial charge in [-0.25, -0.2) is 0 Å². The van der Waals surface area contributed by atoms with Crippen LogP contribution in [0, 0.1) is 23.7 Å². The van der Waals surface area contributed by atoms with E-state index in [-0.39, 0.29) is 0 Å². The van der Waals surface area contributed by atoms with Crippen molar-refractivity contribution in [1.82, 2.24) is 0 Å². The lowest BCUT2D eigenvalue weighted by Crippen LogP contribution is -2.37. The van der Waals surface area contributed by atoms with Gasteiger partial charge < -0.3 is 4.74 Å². The Morgan fingerprint density at radius 1 is 1.43 bits per heavy atom. The minimum Gasteiger partial charge on any atom is -0.380 e. The molecule has 1 radical (unpaired) electrons. The minimum atomic E-state index is 0.720. The summed E-state index contributed by atoms with van der Waals surface area (Å²) in [7, 11) is 4.28. The number of methoxy groups -OCH3 is 1. The van der Waals surface area contributed by atoms with Crippen LogP contribution in [0.4, 0.5) is 0 Å². The minimum absolute atomic E-state index is 0.720. The zero-order valence-electron chi connectivity index (χ0n) is 9.49. The SMILES string of the molecule is COCC1=CC2C[B]CC(C1C)C2C. The van der Waals surface area contributed by atoms with Gasteiger partial charge in [0.2, 0.25) is 0 Å². The molecule has 14 heavy (non-hydrogen) atoms. The topological polar surface area (TPSA) is 9.23 Å². The van der Waals surface area contributed by atoms with E-state index in [1.54, 1.807) is 7.11 Å². The summed E-state index contributed by atoms with van der Waals surface area (Å²) in [6.45, 7) is 5.61. The smallest absolute Gasteiger partial charge is 0.110 e. The Morgan fingerprint density at radius 3 is 2.93 bits per heavy atom. The van der Waals surface area contributed by atoms with E-state index in [9.17, 15) is 0 Å². The third kappa shape index (κ3) is 1.65. The Bertz CT molecular complexity index is 236. The monoisotopic (exact) mass is 191 g/mol. The quantitative estimate of drug-likeness (QED) is 0.481. The molecule has 1 heterocycles. The highest BCUT2D eigenvalue weighted by molar-refractivity contribution is 6.36. The highest BCUT2D eigenvalue weighted by Gasteiger charge is 2.37. The maximum absolute atomic E-state index is 5.27. The molecule has 0 aromatic rings. The van der Waals surface area contributed by atoms with Gasteiger partial charge in [0.05, 0.1) is 6.61 Å². The van der Waals surface area contributed by atoms with Gasteiger partial charge in [-0.2, -0.15) is 0 Å². The fourth-order valence-electron chi connectivity index (χ4n) is 3.16. The Hall–Kier alpha value is -0.235. The van der Waals surface area contributed by atoms with Gasteiger partial charge in [-0.15, -0.1) is 0 Å². The van der Waals surface area contributed by atoms with Crippen LogP contribution in [0.1, 0.15) is 13.8 Å². The van der Waals surface area contributed by atoms with Crippen LogP contribution in [0.2, 0.25) is 12.6 Å². The molecule has 0 saturated carbocycles. The summed E-state index contributed by atoms with van der Waals surface area (Å²) in [6.07, 6.45) is 5.06. The lowest BCUT2D eigenvalue weighted by molar-refractivity contribution is 0.173. The number of ether oxygens (including phenoxy) is 1. The van der Waals surface area contributed by atoms with Crippen molar-refractivity contribution in [1.29, 1.82) is 0 Å². The second-order valence-corrected chi connectivity index (χ2v) is 4.91. The molecule has 0 aromatic carbocycles. The van der Waals surface area contributed by atoms with E-state index in [1.165, 1.54) is 18.2 Å². The summed E-state index contributed by atoms with van der Waals surface area (Å²) in [5, 5.41) is 0. The maximum Gasteiger partial charge on any atom is 0.110 e. The van der Waals surface area contributed by atoms with Crippen molar-refractivity contribution in [3.8, 4) is 0 Å². The van der Waals surface area contributed by atoms with E-state index in [1.807, 2.05) is 0 Å². The first kappa shape index (κ1) is 10.3.